The van der Waals surface area contributed by atoms with E-state index in [1.807, 2.05) is 30.3 Å². The normalized spacial score (nSPS) is 10.7. The Morgan fingerprint density at radius 3 is 2.81 bits per heavy atom. The fraction of sp³-hybridized carbons (Fsp3) is 0.136. The quantitative estimate of drug-likeness (QED) is 0.168. The third-order valence-corrected chi connectivity index (χ3v) is 4.50. The zero-order chi connectivity index (χ0) is 22.9. The van der Waals surface area contributed by atoms with Crippen molar-refractivity contribution in [3.63, 3.8) is 0 Å². The van der Waals surface area contributed by atoms with Crippen molar-refractivity contribution < 1.29 is 9.66 Å². The second-order valence-corrected chi connectivity index (χ2v) is 6.86. The first kappa shape index (κ1) is 22.6. The van der Waals surface area contributed by atoms with Crippen LogP contribution in [0.2, 0.25) is 0 Å². The lowest BCUT2D eigenvalue weighted by molar-refractivity contribution is -0.385. The standard InChI is InChI=1S/C22H22N6O3S/c1-3-12-23-22(32)25-24-14-17-15-27(18-8-6-5-7-9-18)26-21(17)16-10-11-20(31-4-2)19(13-16)28(29)30/h3,5-11,13-15H,1,4,12H2,2H3,(H2,23,25,32)/b24-14-. The van der Waals surface area contributed by atoms with Gasteiger partial charge in [-0.2, -0.15) is 10.2 Å². The number of benzene rings is 2. The summed E-state index contributed by atoms with van der Waals surface area (Å²) in [6.45, 7) is 6.23. The SMILES string of the molecule is C=CCNC(=S)N/N=C\c1cn(-c2ccccc2)nc1-c1ccc(OCC)c([N+](=O)[O-])c1. The van der Waals surface area contributed by atoms with Crippen molar-refractivity contribution in [3.05, 3.63) is 83.1 Å². The van der Waals surface area contributed by atoms with E-state index in [2.05, 4.69) is 27.5 Å². The van der Waals surface area contributed by atoms with Crippen molar-refractivity contribution in [1.82, 2.24) is 20.5 Å². The molecule has 2 aromatic carbocycles. The van der Waals surface area contributed by atoms with E-state index < -0.39 is 4.92 Å². The van der Waals surface area contributed by atoms with E-state index in [1.54, 1.807) is 42.2 Å². The van der Waals surface area contributed by atoms with Crippen LogP contribution in [0.4, 0.5) is 5.69 Å². The molecule has 0 saturated carbocycles. The molecule has 9 nitrogen and oxygen atoms in total. The highest BCUT2D eigenvalue weighted by Crippen LogP contribution is 2.33. The molecule has 3 rings (SSSR count). The molecule has 0 unspecified atom stereocenters. The molecule has 0 aliphatic rings. The summed E-state index contributed by atoms with van der Waals surface area (Å²) in [6, 6.07) is 14.3. The molecule has 10 heteroatoms. The Labute approximate surface area is 190 Å². The van der Waals surface area contributed by atoms with E-state index in [1.165, 1.54) is 6.07 Å². The van der Waals surface area contributed by atoms with Crippen LogP contribution in [0.15, 0.2) is 72.5 Å². The average Bonchev–Trinajstić information content (AvgIpc) is 3.23. The summed E-state index contributed by atoms with van der Waals surface area (Å²) in [7, 11) is 0. The molecule has 0 fully saturated rings. The molecule has 2 N–H and O–H groups in total. The van der Waals surface area contributed by atoms with Gasteiger partial charge in [0.25, 0.3) is 0 Å². The third kappa shape index (κ3) is 5.55. The Balaban J connectivity index is 2.01. The van der Waals surface area contributed by atoms with E-state index in [9.17, 15) is 10.1 Å². The minimum atomic E-state index is -0.471. The number of nitro groups is 1. The van der Waals surface area contributed by atoms with Gasteiger partial charge < -0.3 is 10.1 Å². The van der Waals surface area contributed by atoms with Crippen molar-refractivity contribution in [3.8, 4) is 22.7 Å². The van der Waals surface area contributed by atoms with Gasteiger partial charge in [-0.05, 0) is 43.4 Å². The maximum atomic E-state index is 11.6. The molecule has 32 heavy (non-hydrogen) atoms. The van der Waals surface area contributed by atoms with Gasteiger partial charge in [0.2, 0.25) is 0 Å². The Bertz CT molecular complexity index is 1140. The van der Waals surface area contributed by atoms with E-state index in [0.717, 1.165) is 5.69 Å². The summed E-state index contributed by atoms with van der Waals surface area (Å²) in [5, 5.41) is 23.6. The molecule has 1 heterocycles. The van der Waals surface area contributed by atoms with Crippen molar-refractivity contribution in [2.45, 2.75) is 6.92 Å². The Kier molecular flexibility index (Phi) is 7.65. The predicted octanol–water partition coefficient (Wildman–Crippen LogP) is 3.83. The number of rotatable bonds is 9. The summed E-state index contributed by atoms with van der Waals surface area (Å²) in [6.07, 6.45) is 5.03. The van der Waals surface area contributed by atoms with Gasteiger partial charge in [-0.1, -0.05) is 24.3 Å². The topological polar surface area (TPSA) is 107 Å². The fourth-order valence-electron chi connectivity index (χ4n) is 2.87. The van der Waals surface area contributed by atoms with E-state index in [4.69, 9.17) is 17.0 Å². The number of aromatic nitrogens is 2. The van der Waals surface area contributed by atoms with Crippen LogP contribution < -0.4 is 15.5 Å². The molecule has 0 atom stereocenters. The number of nitro benzene ring substituents is 1. The summed E-state index contributed by atoms with van der Waals surface area (Å²) in [5.41, 5.74) is 5.16. The van der Waals surface area contributed by atoms with Crippen LogP contribution in [-0.2, 0) is 0 Å². The molecule has 0 bridgehead atoms. The minimum absolute atomic E-state index is 0.130. The van der Waals surface area contributed by atoms with Gasteiger partial charge in [-0.3, -0.25) is 15.5 Å². The zero-order valence-corrected chi connectivity index (χ0v) is 18.2. The van der Waals surface area contributed by atoms with Crippen LogP contribution in [0.5, 0.6) is 5.75 Å². The smallest absolute Gasteiger partial charge is 0.311 e. The molecule has 164 valence electrons. The van der Waals surface area contributed by atoms with Crippen LogP contribution in [0.25, 0.3) is 16.9 Å². The van der Waals surface area contributed by atoms with Gasteiger partial charge in [-0.15, -0.1) is 6.58 Å². The van der Waals surface area contributed by atoms with Gasteiger partial charge in [0, 0.05) is 29.9 Å². The van der Waals surface area contributed by atoms with Crippen LogP contribution in [0.1, 0.15) is 12.5 Å². The van der Waals surface area contributed by atoms with Crippen molar-refractivity contribution in [1.29, 1.82) is 0 Å². The van der Waals surface area contributed by atoms with Crippen molar-refractivity contribution in [2.24, 2.45) is 5.10 Å². The second-order valence-electron chi connectivity index (χ2n) is 6.45. The lowest BCUT2D eigenvalue weighted by Gasteiger charge is -2.06. The Morgan fingerprint density at radius 2 is 2.12 bits per heavy atom. The zero-order valence-electron chi connectivity index (χ0n) is 17.4. The van der Waals surface area contributed by atoms with Gasteiger partial charge in [0.1, 0.15) is 5.69 Å². The van der Waals surface area contributed by atoms with Crippen LogP contribution in [-0.4, -0.2) is 39.2 Å². The molecule has 0 aliphatic carbocycles. The molecular weight excluding hydrogens is 428 g/mol. The number of para-hydroxylation sites is 1. The summed E-state index contributed by atoms with van der Waals surface area (Å²) < 4.78 is 7.07. The fourth-order valence-corrected chi connectivity index (χ4v) is 3.00. The average molecular weight is 451 g/mol. The molecule has 1 aromatic heterocycles. The minimum Gasteiger partial charge on any atom is -0.487 e. The first-order valence-electron chi connectivity index (χ1n) is 9.78. The monoisotopic (exact) mass is 450 g/mol. The number of hydrogen-bond donors (Lipinski definition) is 2. The first-order chi connectivity index (χ1) is 15.5. The summed E-state index contributed by atoms with van der Waals surface area (Å²) in [5.74, 6) is 0.208. The molecule has 3 aromatic rings. The molecular formula is C22H22N6O3S. The van der Waals surface area contributed by atoms with Crippen LogP contribution in [0.3, 0.4) is 0 Å². The Hall–Kier alpha value is -4.05. The molecule has 0 aliphatic heterocycles. The molecule has 0 spiro atoms. The predicted molar refractivity (Wildman–Crippen MR) is 128 cm³/mol. The van der Waals surface area contributed by atoms with Crippen LogP contribution in [0, 0.1) is 10.1 Å². The highest BCUT2D eigenvalue weighted by atomic mass is 32.1. The lowest BCUT2D eigenvalue weighted by Crippen LogP contribution is -2.31. The van der Waals surface area contributed by atoms with Gasteiger partial charge in [0.05, 0.1) is 23.4 Å². The van der Waals surface area contributed by atoms with E-state index in [-0.39, 0.29) is 11.4 Å². The largest absolute Gasteiger partial charge is 0.487 e. The second kappa shape index (κ2) is 10.8. The van der Waals surface area contributed by atoms with Crippen molar-refractivity contribution in [2.75, 3.05) is 13.2 Å². The maximum absolute atomic E-state index is 11.6. The number of hydrogen-bond acceptors (Lipinski definition) is 6. The first-order valence-corrected chi connectivity index (χ1v) is 10.2. The maximum Gasteiger partial charge on any atom is 0.311 e. The third-order valence-electron chi connectivity index (χ3n) is 4.27. The highest BCUT2D eigenvalue weighted by molar-refractivity contribution is 7.80. The number of nitrogens with one attached hydrogen (secondary N) is 2. The summed E-state index contributed by atoms with van der Waals surface area (Å²) >= 11 is 5.13. The van der Waals surface area contributed by atoms with Gasteiger partial charge >= 0.3 is 5.69 Å². The lowest BCUT2D eigenvalue weighted by atomic mass is 10.1. The molecule has 0 amide bonds. The van der Waals surface area contributed by atoms with E-state index in [0.29, 0.717) is 35.1 Å². The number of thiocarbonyl (C=S) groups is 1. The van der Waals surface area contributed by atoms with Gasteiger partial charge in [0.15, 0.2) is 10.9 Å². The van der Waals surface area contributed by atoms with Crippen LogP contribution >= 0.6 is 12.2 Å². The molecule has 0 saturated heterocycles. The number of nitrogens with zero attached hydrogens (tertiary/aromatic N) is 4. The van der Waals surface area contributed by atoms with Gasteiger partial charge in [-0.25, -0.2) is 4.68 Å². The Morgan fingerprint density at radius 1 is 1.34 bits per heavy atom. The summed E-state index contributed by atoms with van der Waals surface area (Å²) in [4.78, 5) is 11.1. The van der Waals surface area contributed by atoms with E-state index >= 15 is 0 Å². The number of hydrazone groups is 1. The molecule has 0 radical (unpaired) electrons. The number of ether oxygens (including phenoxy) is 1. The van der Waals surface area contributed by atoms with Crippen molar-refractivity contribution >= 4 is 29.2 Å². The highest BCUT2D eigenvalue weighted by Gasteiger charge is 2.19.